The Morgan fingerprint density at radius 2 is 2.43 bits per heavy atom. The van der Waals surface area contributed by atoms with Crippen LogP contribution in [0.4, 0.5) is 0 Å². The first-order valence-corrected chi connectivity index (χ1v) is 2.75. The van der Waals surface area contributed by atoms with Gasteiger partial charge in [-0.25, -0.2) is 0 Å². The molecular formula is C6H8O. The average molecular weight is 96.1 g/mol. The van der Waals surface area contributed by atoms with Gasteiger partial charge in [-0.3, -0.25) is 0 Å². The first-order valence-electron chi connectivity index (χ1n) is 2.75. The van der Waals surface area contributed by atoms with Crippen LogP contribution in [0.1, 0.15) is 6.42 Å². The van der Waals surface area contributed by atoms with Crippen molar-refractivity contribution in [2.24, 2.45) is 5.92 Å². The summed E-state index contributed by atoms with van der Waals surface area (Å²) in [5, 5.41) is 0. The summed E-state index contributed by atoms with van der Waals surface area (Å²) in [6.45, 7) is 0.973. The Balaban J connectivity index is 2.27. The lowest BCUT2D eigenvalue weighted by atomic mass is 10.2. The van der Waals surface area contributed by atoms with Crippen LogP contribution in [0, 0.1) is 5.92 Å². The van der Waals surface area contributed by atoms with Crippen LogP contribution in [-0.2, 0) is 4.74 Å². The van der Waals surface area contributed by atoms with Gasteiger partial charge < -0.3 is 4.74 Å². The van der Waals surface area contributed by atoms with Gasteiger partial charge in [-0.1, -0.05) is 12.2 Å². The first-order chi connectivity index (χ1) is 3.45. The van der Waals surface area contributed by atoms with E-state index in [1.165, 1.54) is 6.42 Å². The zero-order chi connectivity index (χ0) is 4.69. The van der Waals surface area contributed by atoms with Crippen LogP contribution in [0.15, 0.2) is 12.2 Å². The van der Waals surface area contributed by atoms with Crippen LogP contribution in [-0.4, -0.2) is 12.7 Å². The van der Waals surface area contributed by atoms with E-state index in [4.69, 9.17) is 4.74 Å². The minimum Gasteiger partial charge on any atom is -0.374 e. The summed E-state index contributed by atoms with van der Waals surface area (Å²) in [7, 11) is 0. The minimum absolute atomic E-state index is 0.491. The molecule has 0 aromatic heterocycles. The highest BCUT2D eigenvalue weighted by atomic mass is 16.5. The molecule has 0 saturated carbocycles. The molecule has 1 heterocycles. The van der Waals surface area contributed by atoms with Crippen LogP contribution in [0.5, 0.6) is 0 Å². The van der Waals surface area contributed by atoms with E-state index in [9.17, 15) is 0 Å². The second kappa shape index (κ2) is 1.10. The standard InChI is InChI=1S/C6H8O/c1-2-6-3-5(1)4-7-6/h1-2,5-6H,3-4H2/t5?,6-/m1/s1. The summed E-state index contributed by atoms with van der Waals surface area (Å²) in [4.78, 5) is 0. The molecule has 1 nitrogen and oxygen atoms in total. The molecule has 0 aromatic carbocycles. The van der Waals surface area contributed by atoms with Crippen LogP contribution >= 0.6 is 0 Å². The molecule has 1 fully saturated rings. The van der Waals surface area contributed by atoms with E-state index in [1.807, 2.05) is 0 Å². The van der Waals surface area contributed by atoms with Crippen LogP contribution in [0.25, 0.3) is 0 Å². The summed E-state index contributed by atoms with van der Waals surface area (Å²) in [6, 6.07) is 0. The lowest BCUT2D eigenvalue weighted by Crippen LogP contribution is -1.99. The fourth-order valence-electron chi connectivity index (χ4n) is 1.23. The van der Waals surface area contributed by atoms with Gasteiger partial charge in [0.05, 0.1) is 12.7 Å². The Morgan fingerprint density at radius 1 is 1.43 bits per heavy atom. The molecular weight excluding hydrogens is 88.1 g/mol. The Bertz CT molecular complexity index is 94.7. The highest BCUT2D eigenvalue weighted by molar-refractivity contribution is 5.06. The van der Waals surface area contributed by atoms with Crippen molar-refractivity contribution in [3.05, 3.63) is 12.2 Å². The Kier molecular flexibility index (Phi) is 0.577. The fourth-order valence-corrected chi connectivity index (χ4v) is 1.23. The molecule has 38 valence electrons. The Labute approximate surface area is 43.0 Å². The van der Waals surface area contributed by atoms with Crippen molar-refractivity contribution in [3.63, 3.8) is 0 Å². The normalized spacial score (nSPS) is 45.7. The monoisotopic (exact) mass is 96.1 g/mol. The van der Waals surface area contributed by atoms with E-state index in [0.29, 0.717) is 6.10 Å². The van der Waals surface area contributed by atoms with Gasteiger partial charge in [-0.2, -0.15) is 0 Å². The number of ether oxygens (including phenoxy) is 1. The average Bonchev–Trinajstić information content (AvgIpc) is 2.22. The maximum atomic E-state index is 5.27. The Morgan fingerprint density at radius 3 is 2.57 bits per heavy atom. The quantitative estimate of drug-likeness (QED) is 0.408. The molecule has 2 aliphatic rings. The minimum atomic E-state index is 0.491. The van der Waals surface area contributed by atoms with Gasteiger partial charge in [0.2, 0.25) is 0 Å². The molecule has 2 atom stereocenters. The van der Waals surface area contributed by atoms with Crippen LogP contribution in [0.3, 0.4) is 0 Å². The summed E-state index contributed by atoms with van der Waals surface area (Å²) in [5.74, 6) is 0.769. The van der Waals surface area contributed by atoms with Crippen molar-refractivity contribution in [2.75, 3.05) is 6.61 Å². The van der Waals surface area contributed by atoms with E-state index >= 15 is 0 Å². The first kappa shape index (κ1) is 3.67. The van der Waals surface area contributed by atoms with E-state index < -0.39 is 0 Å². The lowest BCUT2D eigenvalue weighted by molar-refractivity contribution is 0.135. The molecule has 1 unspecified atom stereocenters. The highest BCUT2D eigenvalue weighted by Gasteiger charge is 2.26. The van der Waals surface area contributed by atoms with Gasteiger partial charge in [-0.15, -0.1) is 0 Å². The van der Waals surface area contributed by atoms with Crippen LogP contribution < -0.4 is 0 Å². The second-order valence-electron chi connectivity index (χ2n) is 2.25. The molecule has 1 aliphatic heterocycles. The van der Waals surface area contributed by atoms with Gasteiger partial charge >= 0.3 is 0 Å². The maximum absolute atomic E-state index is 5.27. The van der Waals surface area contributed by atoms with Crippen molar-refractivity contribution in [2.45, 2.75) is 12.5 Å². The molecule has 2 bridgehead atoms. The molecule has 0 N–H and O–H groups in total. The van der Waals surface area contributed by atoms with Crippen molar-refractivity contribution >= 4 is 0 Å². The summed E-state index contributed by atoms with van der Waals surface area (Å²) in [5.41, 5.74) is 0. The molecule has 7 heavy (non-hydrogen) atoms. The lowest BCUT2D eigenvalue weighted by Gasteiger charge is -2.00. The SMILES string of the molecule is C1=C[C@@H]2CC1CO2. The number of hydrogen-bond donors (Lipinski definition) is 0. The van der Waals surface area contributed by atoms with Crippen molar-refractivity contribution in [3.8, 4) is 0 Å². The molecule has 1 saturated heterocycles. The zero-order valence-electron chi connectivity index (χ0n) is 4.13. The molecule has 1 aliphatic carbocycles. The largest absolute Gasteiger partial charge is 0.374 e. The Hall–Kier alpha value is -0.300. The topological polar surface area (TPSA) is 9.23 Å². The van der Waals surface area contributed by atoms with Gasteiger partial charge in [0.25, 0.3) is 0 Å². The van der Waals surface area contributed by atoms with E-state index in [-0.39, 0.29) is 0 Å². The van der Waals surface area contributed by atoms with Gasteiger partial charge in [0.15, 0.2) is 0 Å². The predicted octanol–water partition coefficient (Wildman–Crippen LogP) is 0.961. The maximum Gasteiger partial charge on any atom is 0.0762 e. The molecule has 0 radical (unpaired) electrons. The molecule has 0 aromatic rings. The summed E-state index contributed by atoms with van der Waals surface area (Å²) >= 11 is 0. The van der Waals surface area contributed by atoms with Gasteiger partial charge in [-0.05, 0) is 6.42 Å². The fraction of sp³-hybridized carbons (Fsp3) is 0.667. The predicted molar refractivity (Wildman–Crippen MR) is 27.0 cm³/mol. The van der Waals surface area contributed by atoms with Crippen molar-refractivity contribution in [1.82, 2.24) is 0 Å². The number of rotatable bonds is 0. The zero-order valence-corrected chi connectivity index (χ0v) is 4.13. The van der Waals surface area contributed by atoms with Gasteiger partial charge in [0.1, 0.15) is 0 Å². The number of fused-ring (bicyclic) bond motifs is 2. The third-order valence-corrected chi connectivity index (χ3v) is 1.66. The van der Waals surface area contributed by atoms with Gasteiger partial charge in [0, 0.05) is 5.92 Å². The highest BCUT2D eigenvalue weighted by Crippen LogP contribution is 2.27. The molecule has 1 heteroatoms. The summed E-state index contributed by atoms with van der Waals surface area (Å²) < 4.78 is 5.27. The molecule has 0 amide bonds. The van der Waals surface area contributed by atoms with Crippen molar-refractivity contribution in [1.29, 1.82) is 0 Å². The van der Waals surface area contributed by atoms with Crippen LogP contribution in [0.2, 0.25) is 0 Å². The molecule has 0 spiro atoms. The molecule has 2 rings (SSSR count). The van der Waals surface area contributed by atoms with E-state index in [0.717, 1.165) is 12.5 Å². The van der Waals surface area contributed by atoms with E-state index in [1.54, 1.807) is 0 Å². The number of hydrogen-bond acceptors (Lipinski definition) is 1. The van der Waals surface area contributed by atoms with E-state index in [2.05, 4.69) is 12.2 Å². The smallest absolute Gasteiger partial charge is 0.0762 e. The second-order valence-corrected chi connectivity index (χ2v) is 2.25. The third-order valence-electron chi connectivity index (χ3n) is 1.66. The summed E-state index contributed by atoms with van der Waals surface area (Å²) in [6.07, 6.45) is 6.16. The van der Waals surface area contributed by atoms with Crippen molar-refractivity contribution < 1.29 is 4.74 Å². The third kappa shape index (κ3) is 0.416.